The fraction of sp³-hybridized carbons (Fsp3) is 0.308. The van der Waals surface area contributed by atoms with Crippen molar-refractivity contribution >= 4 is 23.5 Å². The third-order valence-corrected chi connectivity index (χ3v) is 3.56. The van der Waals surface area contributed by atoms with Crippen LogP contribution < -0.4 is 10.2 Å². The van der Waals surface area contributed by atoms with Gasteiger partial charge in [0.15, 0.2) is 0 Å². The molecule has 3 rings (SSSR count). The molecule has 19 heavy (non-hydrogen) atoms. The number of fused-ring (bicyclic) bond motifs is 1. The molecule has 0 spiro atoms. The van der Waals surface area contributed by atoms with Crippen LogP contribution in [-0.4, -0.2) is 29.4 Å². The molecular weight excluding hydrogens is 248 g/mol. The van der Waals surface area contributed by atoms with Crippen LogP contribution in [0.4, 0.5) is 5.69 Å². The Kier molecular flexibility index (Phi) is 2.51. The van der Waals surface area contributed by atoms with Crippen LogP contribution >= 0.6 is 0 Å². The summed E-state index contributed by atoms with van der Waals surface area (Å²) < 4.78 is 0. The van der Waals surface area contributed by atoms with Gasteiger partial charge >= 0.3 is 5.97 Å². The topological polar surface area (TPSA) is 86.7 Å². The van der Waals surface area contributed by atoms with E-state index in [4.69, 9.17) is 5.11 Å². The molecule has 2 amide bonds. The molecule has 1 saturated heterocycles. The quantitative estimate of drug-likeness (QED) is 0.804. The summed E-state index contributed by atoms with van der Waals surface area (Å²) in [4.78, 5) is 35.8. The van der Waals surface area contributed by atoms with Crippen molar-refractivity contribution in [1.29, 1.82) is 0 Å². The number of nitrogens with zero attached hydrogens (tertiary/aromatic N) is 1. The Bertz CT molecular complexity index is 596. The Morgan fingerprint density at radius 2 is 2.16 bits per heavy atom. The summed E-state index contributed by atoms with van der Waals surface area (Å²) in [5.74, 6) is -2.01. The average molecular weight is 260 g/mol. The number of carbonyl (C=O) groups excluding carboxylic acids is 2. The van der Waals surface area contributed by atoms with Gasteiger partial charge in [-0.2, -0.15) is 0 Å². The smallest absolute Gasteiger partial charge is 0.308 e. The zero-order valence-corrected chi connectivity index (χ0v) is 10.0. The van der Waals surface area contributed by atoms with Crippen LogP contribution in [0.25, 0.3) is 0 Å². The maximum absolute atomic E-state index is 11.8. The predicted octanol–water partition coefficient (Wildman–Crippen LogP) is 0.367. The van der Waals surface area contributed by atoms with E-state index in [2.05, 4.69) is 5.32 Å². The first-order valence-electron chi connectivity index (χ1n) is 6.00. The number of benzene rings is 1. The molecule has 1 unspecified atom stereocenters. The van der Waals surface area contributed by atoms with Gasteiger partial charge in [-0.1, -0.05) is 6.07 Å². The van der Waals surface area contributed by atoms with E-state index in [-0.39, 0.29) is 24.8 Å². The average Bonchev–Trinajstić information content (AvgIpc) is 2.93. The number of carboxylic acid groups (broad SMARTS) is 1. The number of hydrogen-bond donors (Lipinski definition) is 2. The normalized spacial score (nSPS) is 21.5. The van der Waals surface area contributed by atoms with Crippen LogP contribution in [-0.2, 0) is 16.1 Å². The predicted molar refractivity (Wildman–Crippen MR) is 65.7 cm³/mol. The lowest BCUT2D eigenvalue weighted by Gasteiger charge is -2.16. The number of aliphatic carboxylic acids is 1. The lowest BCUT2D eigenvalue weighted by molar-refractivity contribution is -0.141. The number of nitrogens with one attached hydrogen (secondary N) is 1. The molecule has 1 atom stereocenters. The zero-order chi connectivity index (χ0) is 13.6. The van der Waals surface area contributed by atoms with Crippen molar-refractivity contribution in [3.63, 3.8) is 0 Å². The Labute approximate surface area is 109 Å². The van der Waals surface area contributed by atoms with Crippen LogP contribution in [0.5, 0.6) is 0 Å². The summed E-state index contributed by atoms with van der Waals surface area (Å²) in [5.41, 5.74) is 2.05. The fourth-order valence-corrected chi connectivity index (χ4v) is 2.49. The monoisotopic (exact) mass is 260 g/mol. The number of amides is 2. The zero-order valence-electron chi connectivity index (χ0n) is 10.0. The molecule has 1 aromatic rings. The first-order chi connectivity index (χ1) is 9.06. The second kappa shape index (κ2) is 4.08. The standard InChI is InChI=1S/C13H12N2O4/c16-11-3-8(13(18)19)6-15(11)9-2-1-7-5-14-12(17)10(7)4-9/h1-2,4,8H,3,5-6H2,(H,14,17)(H,18,19). The van der Waals surface area contributed by atoms with E-state index in [0.29, 0.717) is 17.8 Å². The van der Waals surface area contributed by atoms with E-state index >= 15 is 0 Å². The van der Waals surface area contributed by atoms with Gasteiger partial charge in [0.25, 0.3) is 5.91 Å². The second-order valence-corrected chi connectivity index (χ2v) is 4.77. The molecule has 6 heteroatoms. The van der Waals surface area contributed by atoms with Crippen LogP contribution in [0.3, 0.4) is 0 Å². The molecule has 0 radical (unpaired) electrons. The van der Waals surface area contributed by atoms with Crippen LogP contribution in [0.1, 0.15) is 22.3 Å². The molecule has 98 valence electrons. The number of carboxylic acids is 1. The van der Waals surface area contributed by atoms with E-state index in [1.54, 1.807) is 18.2 Å². The highest BCUT2D eigenvalue weighted by Crippen LogP contribution is 2.28. The van der Waals surface area contributed by atoms with Crippen molar-refractivity contribution < 1.29 is 19.5 Å². The third-order valence-electron chi connectivity index (χ3n) is 3.56. The van der Waals surface area contributed by atoms with Gasteiger partial charge in [-0.3, -0.25) is 14.4 Å². The van der Waals surface area contributed by atoms with E-state index < -0.39 is 11.9 Å². The molecule has 2 aliphatic heterocycles. The van der Waals surface area contributed by atoms with Crippen molar-refractivity contribution in [3.8, 4) is 0 Å². The molecule has 1 aromatic carbocycles. The van der Waals surface area contributed by atoms with Gasteiger partial charge in [0, 0.05) is 30.8 Å². The molecule has 0 aliphatic carbocycles. The molecule has 0 bridgehead atoms. The third kappa shape index (κ3) is 1.85. The molecule has 0 aromatic heterocycles. The van der Waals surface area contributed by atoms with Gasteiger partial charge in [0.05, 0.1) is 5.92 Å². The number of hydrogen-bond acceptors (Lipinski definition) is 3. The van der Waals surface area contributed by atoms with Gasteiger partial charge in [-0.25, -0.2) is 0 Å². The maximum atomic E-state index is 11.8. The molecule has 2 N–H and O–H groups in total. The lowest BCUT2D eigenvalue weighted by Crippen LogP contribution is -2.26. The van der Waals surface area contributed by atoms with Gasteiger partial charge in [-0.15, -0.1) is 0 Å². The molecule has 2 heterocycles. The van der Waals surface area contributed by atoms with Crippen molar-refractivity contribution in [2.45, 2.75) is 13.0 Å². The highest BCUT2D eigenvalue weighted by molar-refractivity contribution is 6.02. The summed E-state index contributed by atoms with van der Waals surface area (Å²) in [6.07, 6.45) is 0.0125. The van der Waals surface area contributed by atoms with Gasteiger partial charge in [0.1, 0.15) is 0 Å². The van der Waals surface area contributed by atoms with E-state index in [1.165, 1.54) is 4.90 Å². The number of carbonyl (C=O) groups is 3. The second-order valence-electron chi connectivity index (χ2n) is 4.77. The van der Waals surface area contributed by atoms with E-state index in [0.717, 1.165) is 5.56 Å². The lowest BCUT2D eigenvalue weighted by atomic mass is 10.1. The molecule has 1 fully saturated rings. The minimum atomic E-state index is -0.963. The largest absolute Gasteiger partial charge is 0.481 e. The fourth-order valence-electron chi connectivity index (χ4n) is 2.49. The summed E-state index contributed by atoms with van der Waals surface area (Å²) in [6.45, 7) is 0.661. The molecular formula is C13H12N2O4. The molecule has 0 saturated carbocycles. The highest BCUT2D eigenvalue weighted by Gasteiger charge is 2.35. The summed E-state index contributed by atoms with van der Waals surface area (Å²) >= 11 is 0. The van der Waals surface area contributed by atoms with Gasteiger partial charge in [0.2, 0.25) is 5.91 Å². The summed E-state index contributed by atoms with van der Waals surface area (Å²) in [7, 11) is 0. The SMILES string of the molecule is O=C1NCc2ccc(N3CC(C(=O)O)CC3=O)cc21. The Balaban J connectivity index is 1.91. The number of anilines is 1. The van der Waals surface area contributed by atoms with Gasteiger partial charge < -0.3 is 15.3 Å². The Morgan fingerprint density at radius 1 is 1.37 bits per heavy atom. The van der Waals surface area contributed by atoms with Crippen LogP contribution in [0.15, 0.2) is 18.2 Å². The van der Waals surface area contributed by atoms with Crippen molar-refractivity contribution in [1.82, 2.24) is 5.32 Å². The Morgan fingerprint density at radius 3 is 2.84 bits per heavy atom. The van der Waals surface area contributed by atoms with Gasteiger partial charge in [-0.05, 0) is 17.7 Å². The minimum Gasteiger partial charge on any atom is -0.481 e. The first kappa shape index (κ1) is 11.7. The van der Waals surface area contributed by atoms with Crippen molar-refractivity contribution in [2.75, 3.05) is 11.4 Å². The number of rotatable bonds is 2. The van der Waals surface area contributed by atoms with Crippen molar-refractivity contribution in [3.05, 3.63) is 29.3 Å². The van der Waals surface area contributed by atoms with Crippen LogP contribution in [0, 0.1) is 5.92 Å². The van der Waals surface area contributed by atoms with E-state index in [1.807, 2.05) is 0 Å². The summed E-state index contributed by atoms with van der Waals surface area (Å²) in [5, 5.41) is 11.7. The maximum Gasteiger partial charge on any atom is 0.308 e. The van der Waals surface area contributed by atoms with E-state index in [9.17, 15) is 14.4 Å². The highest BCUT2D eigenvalue weighted by atomic mass is 16.4. The molecule has 2 aliphatic rings. The first-order valence-corrected chi connectivity index (χ1v) is 6.00. The van der Waals surface area contributed by atoms with Crippen molar-refractivity contribution in [2.24, 2.45) is 5.92 Å². The minimum absolute atomic E-state index is 0.0125. The van der Waals surface area contributed by atoms with Crippen LogP contribution in [0.2, 0.25) is 0 Å². The summed E-state index contributed by atoms with van der Waals surface area (Å²) in [6, 6.07) is 5.20. The molecule has 6 nitrogen and oxygen atoms in total. The Hall–Kier alpha value is -2.37.